The lowest BCUT2D eigenvalue weighted by Gasteiger charge is -2.07. The Morgan fingerprint density at radius 2 is 1.89 bits per heavy atom. The van der Waals surface area contributed by atoms with Gasteiger partial charge < -0.3 is 10.1 Å². The van der Waals surface area contributed by atoms with Crippen LogP contribution in [-0.4, -0.2) is 6.54 Å². The summed E-state index contributed by atoms with van der Waals surface area (Å²) in [7, 11) is 0. The first-order chi connectivity index (χ1) is 8.79. The third-order valence-electron chi connectivity index (χ3n) is 2.73. The molecule has 18 heavy (non-hydrogen) atoms. The topological polar surface area (TPSA) is 21.3 Å². The molecule has 1 N–H and O–H groups in total. The van der Waals surface area contributed by atoms with Crippen molar-refractivity contribution >= 4 is 11.3 Å². The van der Waals surface area contributed by atoms with E-state index in [1.807, 2.05) is 29.5 Å². The van der Waals surface area contributed by atoms with Gasteiger partial charge in [-0.25, -0.2) is 0 Å². The summed E-state index contributed by atoms with van der Waals surface area (Å²) in [4.78, 5) is 2.63. The Morgan fingerprint density at radius 1 is 1.11 bits per heavy atom. The van der Waals surface area contributed by atoms with Crippen LogP contribution in [0.2, 0.25) is 0 Å². The van der Waals surface area contributed by atoms with Crippen LogP contribution in [-0.2, 0) is 13.2 Å². The van der Waals surface area contributed by atoms with Crippen LogP contribution in [0.15, 0.2) is 36.4 Å². The molecule has 1 aromatic heterocycles. The van der Waals surface area contributed by atoms with Crippen molar-refractivity contribution in [3.05, 3.63) is 51.7 Å². The van der Waals surface area contributed by atoms with E-state index < -0.39 is 0 Å². The van der Waals surface area contributed by atoms with E-state index in [9.17, 15) is 0 Å². The number of nitrogens with one attached hydrogen (secondary N) is 1. The number of ether oxygens (including phenoxy) is 1. The zero-order valence-electron chi connectivity index (χ0n) is 10.9. The van der Waals surface area contributed by atoms with Crippen LogP contribution in [0.4, 0.5) is 0 Å². The van der Waals surface area contributed by atoms with Gasteiger partial charge in [0.1, 0.15) is 12.4 Å². The van der Waals surface area contributed by atoms with Crippen LogP contribution < -0.4 is 10.1 Å². The predicted molar refractivity (Wildman–Crippen MR) is 77.2 cm³/mol. The lowest BCUT2D eigenvalue weighted by molar-refractivity contribution is 0.307. The summed E-state index contributed by atoms with van der Waals surface area (Å²) in [5.74, 6) is 0.971. The summed E-state index contributed by atoms with van der Waals surface area (Å²) >= 11 is 1.81. The van der Waals surface area contributed by atoms with E-state index in [1.165, 1.54) is 15.3 Å². The quantitative estimate of drug-likeness (QED) is 0.855. The lowest BCUT2D eigenvalue weighted by Crippen LogP contribution is -2.10. The number of para-hydroxylation sites is 1. The monoisotopic (exact) mass is 261 g/mol. The SMILES string of the molecule is CCNCc1ccc(COc2ccccc2C)s1. The number of thiophene rings is 1. The van der Waals surface area contributed by atoms with Crippen molar-refractivity contribution < 1.29 is 4.74 Å². The second kappa shape index (κ2) is 6.57. The largest absolute Gasteiger partial charge is 0.488 e. The molecule has 0 amide bonds. The predicted octanol–water partition coefficient (Wildman–Crippen LogP) is 3.75. The summed E-state index contributed by atoms with van der Waals surface area (Å²) in [6.45, 7) is 6.80. The molecule has 2 rings (SSSR count). The van der Waals surface area contributed by atoms with Crippen LogP contribution in [0.3, 0.4) is 0 Å². The second-order valence-electron chi connectivity index (χ2n) is 4.20. The fourth-order valence-corrected chi connectivity index (χ4v) is 2.61. The minimum atomic E-state index is 0.654. The molecule has 0 aliphatic rings. The molecule has 0 fully saturated rings. The molecule has 3 heteroatoms. The van der Waals surface area contributed by atoms with E-state index in [0.29, 0.717) is 6.61 Å². The van der Waals surface area contributed by atoms with Gasteiger partial charge in [-0.05, 0) is 37.2 Å². The Bertz CT molecular complexity index is 493. The van der Waals surface area contributed by atoms with Crippen molar-refractivity contribution in [3.63, 3.8) is 0 Å². The number of hydrogen-bond acceptors (Lipinski definition) is 3. The molecule has 0 aliphatic heterocycles. The average Bonchev–Trinajstić information content (AvgIpc) is 2.83. The first-order valence-corrected chi connectivity index (χ1v) is 7.08. The Balaban J connectivity index is 1.90. The van der Waals surface area contributed by atoms with E-state index in [0.717, 1.165) is 18.8 Å². The summed E-state index contributed by atoms with van der Waals surface area (Å²) in [5.41, 5.74) is 1.18. The molecule has 0 unspecified atom stereocenters. The summed E-state index contributed by atoms with van der Waals surface area (Å²) in [5, 5.41) is 3.33. The third kappa shape index (κ3) is 3.59. The maximum atomic E-state index is 5.83. The lowest BCUT2D eigenvalue weighted by atomic mass is 10.2. The van der Waals surface area contributed by atoms with Gasteiger partial charge in [0.2, 0.25) is 0 Å². The molecule has 2 nitrogen and oxygen atoms in total. The average molecular weight is 261 g/mol. The van der Waals surface area contributed by atoms with Gasteiger partial charge in [-0.2, -0.15) is 0 Å². The van der Waals surface area contributed by atoms with Crippen molar-refractivity contribution in [2.24, 2.45) is 0 Å². The highest BCUT2D eigenvalue weighted by atomic mass is 32.1. The summed E-state index contributed by atoms with van der Waals surface area (Å²) in [6, 6.07) is 12.4. The highest BCUT2D eigenvalue weighted by molar-refractivity contribution is 7.11. The molecule has 1 heterocycles. The van der Waals surface area contributed by atoms with E-state index in [1.54, 1.807) is 0 Å². The molecule has 0 saturated heterocycles. The third-order valence-corrected chi connectivity index (χ3v) is 3.79. The molecule has 0 saturated carbocycles. The zero-order chi connectivity index (χ0) is 12.8. The van der Waals surface area contributed by atoms with Crippen molar-refractivity contribution in [3.8, 4) is 5.75 Å². The Hall–Kier alpha value is -1.32. The van der Waals surface area contributed by atoms with E-state index in [4.69, 9.17) is 4.74 Å². The Labute approximate surface area is 113 Å². The van der Waals surface area contributed by atoms with Gasteiger partial charge in [0.15, 0.2) is 0 Å². The fraction of sp³-hybridized carbons (Fsp3) is 0.333. The van der Waals surface area contributed by atoms with Crippen LogP contribution in [0.1, 0.15) is 22.2 Å². The van der Waals surface area contributed by atoms with Crippen molar-refractivity contribution in [2.45, 2.75) is 27.0 Å². The molecule has 0 radical (unpaired) electrons. The van der Waals surface area contributed by atoms with Gasteiger partial charge in [-0.1, -0.05) is 25.1 Å². The minimum absolute atomic E-state index is 0.654. The molecule has 96 valence electrons. The zero-order valence-corrected chi connectivity index (χ0v) is 11.7. The molecular weight excluding hydrogens is 242 g/mol. The van der Waals surface area contributed by atoms with Crippen LogP contribution >= 0.6 is 11.3 Å². The van der Waals surface area contributed by atoms with Crippen LogP contribution in [0.25, 0.3) is 0 Å². The van der Waals surface area contributed by atoms with Crippen molar-refractivity contribution in [2.75, 3.05) is 6.54 Å². The van der Waals surface area contributed by atoms with Gasteiger partial charge in [0, 0.05) is 16.3 Å². The second-order valence-corrected chi connectivity index (χ2v) is 5.46. The number of hydrogen-bond donors (Lipinski definition) is 1. The van der Waals surface area contributed by atoms with E-state index in [-0.39, 0.29) is 0 Å². The first-order valence-electron chi connectivity index (χ1n) is 6.26. The molecule has 0 spiro atoms. The maximum Gasteiger partial charge on any atom is 0.122 e. The van der Waals surface area contributed by atoms with Crippen LogP contribution in [0, 0.1) is 6.92 Å². The molecule has 1 aromatic carbocycles. The number of rotatable bonds is 6. The van der Waals surface area contributed by atoms with Gasteiger partial charge >= 0.3 is 0 Å². The smallest absolute Gasteiger partial charge is 0.122 e. The Kier molecular flexibility index (Phi) is 4.79. The van der Waals surface area contributed by atoms with E-state index in [2.05, 4.69) is 37.4 Å². The van der Waals surface area contributed by atoms with Gasteiger partial charge in [-0.15, -0.1) is 11.3 Å². The standard InChI is InChI=1S/C15H19NOS/c1-3-16-10-13-8-9-14(18-13)11-17-15-7-5-4-6-12(15)2/h4-9,16H,3,10-11H2,1-2H3. The van der Waals surface area contributed by atoms with E-state index >= 15 is 0 Å². The van der Waals surface area contributed by atoms with Gasteiger partial charge in [0.25, 0.3) is 0 Å². The first kappa shape index (κ1) is 13.1. The highest BCUT2D eigenvalue weighted by Crippen LogP contribution is 2.21. The van der Waals surface area contributed by atoms with Crippen LogP contribution in [0.5, 0.6) is 5.75 Å². The molecule has 0 atom stereocenters. The Morgan fingerprint density at radius 3 is 2.67 bits per heavy atom. The number of aryl methyl sites for hydroxylation is 1. The summed E-state index contributed by atoms with van der Waals surface area (Å²) in [6.07, 6.45) is 0. The molecular formula is C15H19NOS. The minimum Gasteiger partial charge on any atom is -0.488 e. The normalized spacial score (nSPS) is 10.6. The summed E-state index contributed by atoms with van der Waals surface area (Å²) < 4.78 is 5.83. The molecule has 2 aromatic rings. The molecule has 0 aliphatic carbocycles. The van der Waals surface area contributed by atoms with Crippen molar-refractivity contribution in [1.29, 1.82) is 0 Å². The maximum absolute atomic E-state index is 5.83. The fourth-order valence-electron chi connectivity index (χ4n) is 1.71. The molecule has 0 bridgehead atoms. The van der Waals surface area contributed by atoms with Crippen molar-refractivity contribution in [1.82, 2.24) is 5.32 Å². The highest BCUT2D eigenvalue weighted by Gasteiger charge is 2.02. The number of benzene rings is 1. The van der Waals surface area contributed by atoms with Gasteiger partial charge in [0.05, 0.1) is 0 Å². The van der Waals surface area contributed by atoms with Gasteiger partial charge in [-0.3, -0.25) is 0 Å².